The van der Waals surface area contributed by atoms with Crippen LogP contribution in [-0.2, 0) is 6.54 Å². The minimum absolute atomic E-state index is 0.0767. The van der Waals surface area contributed by atoms with Gasteiger partial charge in [-0.2, -0.15) is 0 Å². The largest absolute Gasteiger partial charge is 0.333 e. The van der Waals surface area contributed by atoms with Gasteiger partial charge in [0.15, 0.2) is 0 Å². The molecular formula is C21H19Cl2N3O. The molecule has 0 N–H and O–H groups in total. The maximum Gasteiger partial charge on any atom is 0.333 e. The maximum atomic E-state index is 13.5. The van der Waals surface area contributed by atoms with Crippen molar-refractivity contribution in [2.45, 2.75) is 27.3 Å². The van der Waals surface area contributed by atoms with E-state index >= 15 is 0 Å². The Hall–Kier alpha value is -2.30. The van der Waals surface area contributed by atoms with Crippen LogP contribution in [0.25, 0.3) is 27.6 Å². The average Bonchev–Trinajstić information content (AvgIpc) is 2.86. The van der Waals surface area contributed by atoms with Crippen LogP contribution in [0.3, 0.4) is 0 Å². The van der Waals surface area contributed by atoms with Crippen LogP contribution < -0.4 is 5.69 Å². The molecule has 6 heteroatoms. The molecule has 0 aliphatic carbocycles. The highest BCUT2D eigenvalue weighted by Crippen LogP contribution is 2.31. The third-order valence-electron chi connectivity index (χ3n) is 4.44. The van der Waals surface area contributed by atoms with Gasteiger partial charge in [0, 0.05) is 17.0 Å². The van der Waals surface area contributed by atoms with Crippen molar-refractivity contribution in [3.8, 4) is 5.69 Å². The predicted molar refractivity (Wildman–Crippen MR) is 112 cm³/mol. The summed E-state index contributed by atoms with van der Waals surface area (Å²) in [4.78, 5) is 18.0. The Labute approximate surface area is 167 Å². The van der Waals surface area contributed by atoms with E-state index in [4.69, 9.17) is 23.2 Å². The molecule has 0 amide bonds. The van der Waals surface area contributed by atoms with E-state index in [2.05, 4.69) is 25.8 Å². The fourth-order valence-corrected chi connectivity index (χ4v) is 3.77. The molecule has 0 radical (unpaired) electrons. The minimum atomic E-state index is -0.137. The fourth-order valence-electron chi connectivity index (χ4n) is 3.38. The smallest absolute Gasteiger partial charge is 0.290 e. The van der Waals surface area contributed by atoms with Crippen molar-refractivity contribution in [2.24, 2.45) is 5.41 Å². The van der Waals surface area contributed by atoms with Gasteiger partial charge in [-0.1, -0.05) is 56.1 Å². The summed E-state index contributed by atoms with van der Waals surface area (Å²) in [5.74, 6) is 0. The number of benzene rings is 2. The molecule has 4 rings (SSSR count). The Morgan fingerprint density at radius 1 is 1.07 bits per heavy atom. The molecule has 0 aliphatic heterocycles. The van der Waals surface area contributed by atoms with E-state index in [0.29, 0.717) is 22.3 Å². The third kappa shape index (κ3) is 3.13. The van der Waals surface area contributed by atoms with E-state index in [-0.39, 0.29) is 11.1 Å². The van der Waals surface area contributed by atoms with Crippen LogP contribution in [0.1, 0.15) is 20.8 Å². The van der Waals surface area contributed by atoms with Crippen LogP contribution in [0.2, 0.25) is 10.0 Å². The first-order chi connectivity index (χ1) is 12.8. The Bertz CT molecular complexity index is 1230. The van der Waals surface area contributed by atoms with Crippen LogP contribution in [0.15, 0.2) is 53.5 Å². The molecule has 0 fully saturated rings. The second-order valence-corrected chi connectivity index (χ2v) is 8.71. The van der Waals surface area contributed by atoms with Crippen molar-refractivity contribution >= 4 is 45.1 Å². The quantitative estimate of drug-likeness (QED) is 0.434. The summed E-state index contributed by atoms with van der Waals surface area (Å²) in [5.41, 5.74) is 2.75. The van der Waals surface area contributed by atoms with E-state index < -0.39 is 0 Å². The first-order valence-corrected chi connectivity index (χ1v) is 9.46. The molecule has 0 atom stereocenters. The summed E-state index contributed by atoms with van der Waals surface area (Å²) in [5, 5.41) is 1.93. The zero-order valence-electron chi connectivity index (χ0n) is 15.3. The van der Waals surface area contributed by atoms with Gasteiger partial charge in [-0.05, 0) is 35.7 Å². The molecule has 2 aromatic carbocycles. The molecule has 2 aromatic heterocycles. The molecule has 0 spiro atoms. The van der Waals surface area contributed by atoms with Crippen molar-refractivity contribution in [3.05, 3.63) is 69.2 Å². The number of hydrogen-bond donors (Lipinski definition) is 0. The Morgan fingerprint density at radius 3 is 2.52 bits per heavy atom. The van der Waals surface area contributed by atoms with Crippen molar-refractivity contribution in [1.29, 1.82) is 0 Å². The predicted octanol–water partition coefficient (Wildman–Crippen LogP) is 5.69. The number of halogens is 2. The number of rotatable bonds is 2. The average molecular weight is 400 g/mol. The van der Waals surface area contributed by atoms with Gasteiger partial charge in [0.25, 0.3) is 0 Å². The normalized spacial score (nSPS) is 12.2. The standard InChI is InChI=1S/C21H19Cl2N3O/c1-21(2,3)12-25-18-11-24-16-9-8-13(22)10-14(16)19(18)26(20(25)27)17-7-5-4-6-15(17)23/h4-11H,12H2,1-3H3. The number of nitrogens with zero attached hydrogens (tertiary/aromatic N) is 3. The van der Waals surface area contributed by atoms with Crippen LogP contribution in [0, 0.1) is 5.41 Å². The van der Waals surface area contributed by atoms with E-state index in [9.17, 15) is 4.79 Å². The van der Waals surface area contributed by atoms with Gasteiger partial charge < -0.3 is 0 Å². The monoisotopic (exact) mass is 399 g/mol. The second-order valence-electron chi connectivity index (χ2n) is 7.87. The Balaban J connectivity index is 2.21. The van der Waals surface area contributed by atoms with Crippen LogP contribution in [0.5, 0.6) is 0 Å². The number of fused-ring (bicyclic) bond motifs is 3. The molecule has 0 aliphatic rings. The van der Waals surface area contributed by atoms with Crippen molar-refractivity contribution < 1.29 is 0 Å². The zero-order chi connectivity index (χ0) is 19.3. The number of pyridine rings is 1. The van der Waals surface area contributed by atoms with Gasteiger partial charge in [-0.3, -0.25) is 14.1 Å². The maximum absolute atomic E-state index is 13.5. The Kier molecular flexibility index (Phi) is 4.28. The SMILES string of the molecule is CC(C)(C)Cn1c(=O)n(-c2ccccc2Cl)c2c3cc(Cl)ccc3ncc21. The Morgan fingerprint density at radius 2 is 1.81 bits per heavy atom. The number of hydrogen-bond acceptors (Lipinski definition) is 2. The van der Waals surface area contributed by atoms with Crippen LogP contribution in [0.4, 0.5) is 0 Å². The van der Waals surface area contributed by atoms with Crippen LogP contribution in [-0.4, -0.2) is 14.1 Å². The topological polar surface area (TPSA) is 39.8 Å². The summed E-state index contributed by atoms with van der Waals surface area (Å²) < 4.78 is 3.44. The lowest BCUT2D eigenvalue weighted by Gasteiger charge is -2.18. The minimum Gasteiger partial charge on any atom is -0.290 e. The van der Waals surface area contributed by atoms with E-state index in [1.165, 1.54) is 0 Å². The van der Waals surface area contributed by atoms with Gasteiger partial charge >= 0.3 is 5.69 Å². The van der Waals surface area contributed by atoms with Gasteiger partial charge in [0.1, 0.15) is 0 Å². The first-order valence-electron chi connectivity index (χ1n) is 8.71. The number of para-hydroxylation sites is 1. The van der Waals surface area contributed by atoms with Crippen molar-refractivity contribution in [2.75, 3.05) is 0 Å². The van der Waals surface area contributed by atoms with Crippen molar-refractivity contribution in [3.63, 3.8) is 0 Å². The molecule has 0 saturated heterocycles. The molecule has 0 bridgehead atoms. The first kappa shape index (κ1) is 18.1. The molecule has 4 aromatic rings. The molecule has 0 unspecified atom stereocenters. The summed E-state index contributed by atoms with van der Waals surface area (Å²) in [6.45, 7) is 6.86. The van der Waals surface area contributed by atoms with E-state index in [1.807, 2.05) is 30.3 Å². The number of aromatic nitrogens is 3. The van der Waals surface area contributed by atoms with Gasteiger partial charge in [-0.15, -0.1) is 0 Å². The summed E-state index contributed by atoms with van der Waals surface area (Å²) in [6, 6.07) is 12.9. The summed E-state index contributed by atoms with van der Waals surface area (Å²) in [6.07, 6.45) is 1.76. The molecular weight excluding hydrogens is 381 g/mol. The third-order valence-corrected chi connectivity index (χ3v) is 5.00. The number of imidazole rings is 1. The lowest BCUT2D eigenvalue weighted by Crippen LogP contribution is -2.28. The molecule has 0 saturated carbocycles. The van der Waals surface area contributed by atoms with Crippen molar-refractivity contribution in [1.82, 2.24) is 14.1 Å². The van der Waals surface area contributed by atoms with E-state index in [1.54, 1.807) is 27.5 Å². The molecule has 2 heterocycles. The van der Waals surface area contributed by atoms with Gasteiger partial charge in [0.2, 0.25) is 0 Å². The molecule has 27 heavy (non-hydrogen) atoms. The highest BCUT2D eigenvalue weighted by Gasteiger charge is 2.22. The summed E-state index contributed by atoms with van der Waals surface area (Å²) in [7, 11) is 0. The molecule has 138 valence electrons. The summed E-state index contributed by atoms with van der Waals surface area (Å²) >= 11 is 12.7. The highest BCUT2D eigenvalue weighted by molar-refractivity contribution is 6.32. The van der Waals surface area contributed by atoms with Gasteiger partial charge in [-0.25, -0.2) is 4.79 Å². The second kappa shape index (κ2) is 6.39. The lowest BCUT2D eigenvalue weighted by atomic mass is 9.97. The fraction of sp³-hybridized carbons (Fsp3) is 0.238. The zero-order valence-corrected chi connectivity index (χ0v) is 16.8. The lowest BCUT2D eigenvalue weighted by molar-refractivity contribution is 0.343. The van der Waals surface area contributed by atoms with Crippen LogP contribution >= 0.6 is 23.2 Å². The highest BCUT2D eigenvalue weighted by atomic mass is 35.5. The van der Waals surface area contributed by atoms with Gasteiger partial charge in [0.05, 0.1) is 33.5 Å². The molecule has 4 nitrogen and oxygen atoms in total. The van der Waals surface area contributed by atoms with E-state index in [0.717, 1.165) is 21.9 Å².